The van der Waals surface area contributed by atoms with Gasteiger partial charge in [0.25, 0.3) is 0 Å². The van der Waals surface area contributed by atoms with Crippen molar-refractivity contribution in [2.75, 3.05) is 11.5 Å². The van der Waals surface area contributed by atoms with Gasteiger partial charge in [-0.2, -0.15) is 11.8 Å². The predicted octanol–water partition coefficient (Wildman–Crippen LogP) is 2.86. The normalized spacial score (nSPS) is 22.2. The largest absolute Gasteiger partial charge is 0.508 e. The van der Waals surface area contributed by atoms with Crippen molar-refractivity contribution in [2.24, 2.45) is 0 Å². The van der Waals surface area contributed by atoms with Crippen molar-refractivity contribution in [3.8, 4) is 5.75 Å². The number of hydrogen-bond donors (Lipinski definition) is 2. The molecule has 1 fully saturated rings. The maximum atomic E-state index is 9.89. The average Bonchev–Trinajstić information content (AvgIpc) is 2.70. The Morgan fingerprint density at radius 2 is 2.31 bits per heavy atom. The van der Waals surface area contributed by atoms with Crippen LogP contribution in [0.4, 0.5) is 0 Å². The Morgan fingerprint density at radius 3 is 2.94 bits per heavy atom. The van der Waals surface area contributed by atoms with Gasteiger partial charge in [-0.25, -0.2) is 0 Å². The monoisotopic (exact) mass is 237 g/mol. The fourth-order valence-corrected chi connectivity index (χ4v) is 3.29. The van der Waals surface area contributed by atoms with Gasteiger partial charge in [-0.3, -0.25) is 0 Å². The fraction of sp³-hybridized carbons (Fsp3) is 0.538. The second-order valence-corrected chi connectivity index (χ2v) is 5.66. The van der Waals surface area contributed by atoms with Crippen LogP contribution in [0, 0.1) is 6.92 Å². The zero-order chi connectivity index (χ0) is 11.5. The van der Waals surface area contributed by atoms with E-state index in [-0.39, 0.29) is 6.04 Å². The molecule has 0 spiro atoms. The van der Waals surface area contributed by atoms with Crippen LogP contribution in [0.25, 0.3) is 0 Å². The quantitative estimate of drug-likeness (QED) is 0.848. The summed E-state index contributed by atoms with van der Waals surface area (Å²) < 4.78 is 0. The fourth-order valence-electron chi connectivity index (χ4n) is 2.13. The topological polar surface area (TPSA) is 32.3 Å². The van der Waals surface area contributed by atoms with Crippen molar-refractivity contribution >= 4 is 11.8 Å². The zero-order valence-corrected chi connectivity index (χ0v) is 10.7. The predicted molar refractivity (Wildman–Crippen MR) is 70.1 cm³/mol. The van der Waals surface area contributed by atoms with Gasteiger partial charge >= 0.3 is 0 Å². The summed E-state index contributed by atoms with van der Waals surface area (Å²) in [6, 6.07) is 6.72. The lowest BCUT2D eigenvalue weighted by atomic mass is 10.0. The van der Waals surface area contributed by atoms with Gasteiger partial charge < -0.3 is 10.4 Å². The highest BCUT2D eigenvalue weighted by Crippen LogP contribution is 2.27. The maximum Gasteiger partial charge on any atom is 0.120 e. The molecule has 1 aromatic rings. The van der Waals surface area contributed by atoms with Crippen LogP contribution in [0.15, 0.2) is 18.2 Å². The minimum absolute atomic E-state index is 0.226. The van der Waals surface area contributed by atoms with Gasteiger partial charge in [0.2, 0.25) is 0 Å². The van der Waals surface area contributed by atoms with Crippen LogP contribution in [-0.2, 0) is 0 Å². The Morgan fingerprint density at radius 1 is 1.50 bits per heavy atom. The number of benzene rings is 1. The molecule has 2 rings (SSSR count). The van der Waals surface area contributed by atoms with Gasteiger partial charge in [0.1, 0.15) is 5.75 Å². The summed E-state index contributed by atoms with van der Waals surface area (Å²) in [4.78, 5) is 0. The first-order valence-corrected chi connectivity index (χ1v) is 6.95. The van der Waals surface area contributed by atoms with Gasteiger partial charge in [-0.1, -0.05) is 12.1 Å². The van der Waals surface area contributed by atoms with Crippen LogP contribution in [0.3, 0.4) is 0 Å². The number of thioether (sulfide) groups is 1. The van der Waals surface area contributed by atoms with E-state index in [1.807, 2.05) is 30.8 Å². The highest BCUT2D eigenvalue weighted by atomic mass is 32.2. The van der Waals surface area contributed by atoms with E-state index in [2.05, 4.69) is 18.3 Å². The van der Waals surface area contributed by atoms with E-state index >= 15 is 0 Å². The number of phenolic OH excluding ortho intramolecular Hbond substituents is 1. The molecule has 2 N–H and O–H groups in total. The molecule has 0 aliphatic carbocycles. The Hall–Kier alpha value is -0.670. The summed E-state index contributed by atoms with van der Waals surface area (Å²) in [7, 11) is 0. The zero-order valence-electron chi connectivity index (χ0n) is 9.86. The van der Waals surface area contributed by atoms with Gasteiger partial charge in [0, 0.05) is 23.4 Å². The van der Waals surface area contributed by atoms with Crippen molar-refractivity contribution < 1.29 is 5.11 Å². The molecule has 1 saturated heterocycles. The molecular weight excluding hydrogens is 218 g/mol. The number of phenols is 1. The highest BCUT2D eigenvalue weighted by molar-refractivity contribution is 7.99. The number of hydrogen-bond acceptors (Lipinski definition) is 3. The second-order valence-electron chi connectivity index (χ2n) is 4.51. The number of nitrogens with one attached hydrogen (secondary N) is 1. The van der Waals surface area contributed by atoms with Gasteiger partial charge in [-0.05, 0) is 37.7 Å². The van der Waals surface area contributed by atoms with E-state index in [0.717, 1.165) is 11.1 Å². The molecule has 1 aromatic carbocycles. The summed E-state index contributed by atoms with van der Waals surface area (Å²) in [5, 5.41) is 13.5. The lowest BCUT2D eigenvalue weighted by Crippen LogP contribution is -2.31. The number of aromatic hydroxyl groups is 1. The Labute approximate surface area is 101 Å². The van der Waals surface area contributed by atoms with Crippen molar-refractivity contribution in [2.45, 2.75) is 32.4 Å². The molecule has 16 heavy (non-hydrogen) atoms. The molecule has 2 unspecified atom stereocenters. The summed E-state index contributed by atoms with van der Waals surface area (Å²) in [6.45, 7) is 4.11. The van der Waals surface area contributed by atoms with Crippen molar-refractivity contribution in [3.05, 3.63) is 29.3 Å². The van der Waals surface area contributed by atoms with Gasteiger partial charge in [0.15, 0.2) is 0 Å². The molecule has 1 aliphatic rings. The highest BCUT2D eigenvalue weighted by Gasteiger charge is 2.19. The first kappa shape index (κ1) is 11.8. The van der Waals surface area contributed by atoms with E-state index in [0.29, 0.717) is 11.8 Å². The number of rotatable bonds is 3. The smallest absolute Gasteiger partial charge is 0.120 e. The van der Waals surface area contributed by atoms with Crippen LogP contribution in [0.1, 0.15) is 30.5 Å². The van der Waals surface area contributed by atoms with E-state index < -0.39 is 0 Å². The van der Waals surface area contributed by atoms with E-state index in [1.165, 1.54) is 17.9 Å². The van der Waals surface area contributed by atoms with Gasteiger partial charge in [-0.15, -0.1) is 0 Å². The number of aryl methyl sites for hydroxylation is 1. The molecule has 0 aromatic heterocycles. The van der Waals surface area contributed by atoms with Crippen LogP contribution in [-0.4, -0.2) is 22.7 Å². The Balaban J connectivity index is 2.04. The van der Waals surface area contributed by atoms with Crippen LogP contribution in [0.5, 0.6) is 5.75 Å². The second kappa shape index (κ2) is 5.11. The molecule has 0 bridgehead atoms. The molecule has 0 amide bonds. The molecular formula is C13H19NOS. The third-order valence-electron chi connectivity index (χ3n) is 3.07. The third kappa shape index (κ3) is 2.71. The first-order chi connectivity index (χ1) is 7.66. The lowest BCUT2D eigenvalue weighted by Gasteiger charge is -2.20. The molecule has 3 heteroatoms. The summed E-state index contributed by atoms with van der Waals surface area (Å²) in [5.74, 6) is 2.85. The van der Waals surface area contributed by atoms with Crippen molar-refractivity contribution in [1.82, 2.24) is 5.32 Å². The van der Waals surface area contributed by atoms with E-state index in [4.69, 9.17) is 0 Å². The first-order valence-electron chi connectivity index (χ1n) is 5.80. The van der Waals surface area contributed by atoms with Crippen LogP contribution in [0.2, 0.25) is 0 Å². The molecule has 88 valence electrons. The minimum Gasteiger partial charge on any atom is -0.508 e. The summed E-state index contributed by atoms with van der Waals surface area (Å²) in [6.07, 6.45) is 1.24. The SMILES string of the molecule is Cc1ccc(C(C)NC2CCSC2)c(O)c1. The van der Waals surface area contributed by atoms with Crippen molar-refractivity contribution in [3.63, 3.8) is 0 Å². The van der Waals surface area contributed by atoms with E-state index in [9.17, 15) is 5.11 Å². The van der Waals surface area contributed by atoms with Crippen LogP contribution < -0.4 is 5.32 Å². The molecule has 1 heterocycles. The standard InChI is InChI=1S/C13H19NOS/c1-9-3-4-12(13(15)7-9)10(2)14-11-5-6-16-8-11/h3-4,7,10-11,14-15H,5-6,8H2,1-2H3. The molecule has 0 saturated carbocycles. The van der Waals surface area contributed by atoms with Crippen molar-refractivity contribution in [1.29, 1.82) is 0 Å². The van der Waals surface area contributed by atoms with E-state index in [1.54, 1.807) is 0 Å². The molecule has 2 nitrogen and oxygen atoms in total. The average molecular weight is 237 g/mol. The molecule has 2 atom stereocenters. The molecule has 1 aliphatic heterocycles. The Bertz CT molecular complexity index is 361. The summed E-state index contributed by atoms with van der Waals surface area (Å²) >= 11 is 2.00. The summed E-state index contributed by atoms with van der Waals surface area (Å²) in [5.41, 5.74) is 2.10. The van der Waals surface area contributed by atoms with Gasteiger partial charge in [0.05, 0.1) is 0 Å². The lowest BCUT2D eigenvalue weighted by molar-refractivity contribution is 0.436. The van der Waals surface area contributed by atoms with Crippen LogP contribution >= 0.6 is 11.8 Å². The minimum atomic E-state index is 0.226. The third-order valence-corrected chi connectivity index (χ3v) is 4.23. The maximum absolute atomic E-state index is 9.89. The molecule has 0 radical (unpaired) electrons. The Kier molecular flexibility index (Phi) is 3.77.